The zero-order valence-corrected chi connectivity index (χ0v) is 15.6. The Labute approximate surface area is 170 Å². The van der Waals surface area contributed by atoms with Crippen molar-refractivity contribution in [1.82, 2.24) is 20.2 Å². The van der Waals surface area contributed by atoms with E-state index in [1.54, 1.807) is 4.90 Å². The highest BCUT2D eigenvalue weighted by molar-refractivity contribution is 5.97. The van der Waals surface area contributed by atoms with Gasteiger partial charge >= 0.3 is 12.4 Å². The van der Waals surface area contributed by atoms with Gasteiger partial charge in [-0.15, -0.1) is 0 Å². The predicted molar refractivity (Wildman–Crippen MR) is 93.2 cm³/mol. The monoisotopic (exact) mass is 450 g/mol. The highest BCUT2D eigenvalue weighted by atomic mass is 19.4. The lowest BCUT2D eigenvalue weighted by Crippen LogP contribution is -2.44. The van der Waals surface area contributed by atoms with E-state index < -0.39 is 36.0 Å². The van der Waals surface area contributed by atoms with E-state index in [1.807, 2.05) is 0 Å². The minimum atomic E-state index is -4.86. The highest BCUT2D eigenvalue weighted by Gasteiger charge is 2.53. The Bertz CT molecular complexity index is 965. The molecule has 4 rings (SSSR count). The molecule has 2 aliphatic heterocycles. The lowest BCUT2D eigenvalue weighted by Gasteiger charge is -2.34. The molecule has 0 bridgehead atoms. The molecule has 168 valence electrons. The summed E-state index contributed by atoms with van der Waals surface area (Å²) in [5, 5.41) is 18.4. The van der Waals surface area contributed by atoms with Crippen LogP contribution in [0, 0.1) is 0 Å². The third-order valence-corrected chi connectivity index (χ3v) is 5.48. The van der Waals surface area contributed by atoms with Crippen molar-refractivity contribution in [2.75, 3.05) is 23.3 Å². The van der Waals surface area contributed by atoms with Gasteiger partial charge in [0.15, 0.2) is 11.5 Å². The van der Waals surface area contributed by atoms with E-state index >= 15 is 0 Å². The lowest BCUT2D eigenvalue weighted by atomic mass is 9.83. The fraction of sp³-hybridized carbons (Fsp3) is 0.529. The molecule has 0 spiro atoms. The van der Waals surface area contributed by atoms with Gasteiger partial charge in [-0.1, -0.05) is 0 Å². The largest absolute Gasteiger partial charge is 0.434 e. The second-order valence-electron chi connectivity index (χ2n) is 7.37. The van der Waals surface area contributed by atoms with Crippen molar-refractivity contribution in [2.24, 2.45) is 0 Å². The van der Waals surface area contributed by atoms with Crippen molar-refractivity contribution in [3.8, 4) is 0 Å². The molecule has 4 heterocycles. The number of nitrogens with one attached hydrogen (secondary N) is 2. The zero-order chi connectivity index (χ0) is 22.6. The molecule has 0 saturated carbocycles. The number of alkyl halides is 6. The minimum Gasteiger partial charge on any atom is -0.382 e. The second-order valence-corrected chi connectivity index (χ2v) is 7.37. The number of amides is 1. The van der Waals surface area contributed by atoms with Crippen LogP contribution in [0.3, 0.4) is 0 Å². The summed E-state index contributed by atoms with van der Waals surface area (Å²) in [6.45, 7) is 0.619. The number of aromatic amines is 1. The van der Waals surface area contributed by atoms with Crippen LogP contribution in [-0.2, 0) is 11.0 Å². The van der Waals surface area contributed by atoms with Gasteiger partial charge in [0.05, 0.1) is 12.4 Å². The summed E-state index contributed by atoms with van der Waals surface area (Å²) >= 11 is 0. The van der Waals surface area contributed by atoms with E-state index in [4.69, 9.17) is 0 Å². The number of nitrogens with zero attached hydrogens (tertiary/aromatic N) is 4. The van der Waals surface area contributed by atoms with E-state index in [0.717, 1.165) is 6.20 Å². The van der Waals surface area contributed by atoms with Gasteiger partial charge in [-0.3, -0.25) is 9.89 Å². The molecule has 1 amide bonds. The van der Waals surface area contributed by atoms with E-state index in [9.17, 15) is 36.2 Å². The average molecular weight is 450 g/mol. The summed E-state index contributed by atoms with van der Waals surface area (Å²) in [5.41, 5.74) is -1.23. The quantitative estimate of drug-likeness (QED) is 0.608. The van der Waals surface area contributed by atoms with Crippen molar-refractivity contribution in [3.63, 3.8) is 0 Å². The maximum absolute atomic E-state index is 13.6. The highest BCUT2D eigenvalue weighted by Crippen LogP contribution is 2.47. The first-order valence-electron chi connectivity index (χ1n) is 9.24. The number of hydrogen-bond donors (Lipinski definition) is 3. The number of carbonyl (C=O) groups excluding carboxylic acids is 1. The second kappa shape index (κ2) is 7.35. The van der Waals surface area contributed by atoms with Gasteiger partial charge in [0.1, 0.15) is 17.8 Å². The number of hydrogen-bond acceptors (Lipinski definition) is 6. The molecule has 2 aromatic heterocycles. The summed E-state index contributed by atoms with van der Waals surface area (Å²) in [6, 6.07) is 0. The zero-order valence-electron chi connectivity index (χ0n) is 15.6. The van der Waals surface area contributed by atoms with Gasteiger partial charge in [-0.2, -0.15) is 31.4 Å². The molecule has 8 nitrogen and oxygen atoms in total. The Kier molecular flexibility index (Phi) is 5.06. The fourth-order valence-electron chi connectivity index (χ4n) is 3.96. The first kappa shape index (κ1) is 21.3. The maximum atomic E-state index is 13.6. The normalized spacial score (nSPS) is 22.9. The van der Waals surface area contributed by atoms with Crippen LogP contribution < -0.4 is 10.2 Å². The van der Waals surface area contributed by atoms with Crippen molar-refractivity contribution in [3.05, 3.63) is 29.3 Å². The molecule has 0 unspecified atom stereocenters. The van der Waals surface area contributed by atoms with Gasteiger partial charge in [0.2, 0.25) is 0 Å². The molecule has 2 aromatic rings. The Morgan fingerprint density at radius 1 is 1.06 bits per heavy atom. The first-order valence-corrected chi connectivity index (χ1v) is 9.24. The molecular weight excluding hydrogens is 434 g/mol. The van der Waals surface area contributed by atoms with Crippen LogP contribution in [0.25, 0.3) is 0 Å². The Morgan fingerprint density at radius 3 is 2.29 bits per heavy atom. The number of anilines is 2. The van der Waals surface area contributed by atoms with Gasteiger partial charge in [-0.05, 0) is 12.8 Å². The maximum Gasteiger partial charge on any atom is 0.434 e. The Hall–Kier alpha value is -2.90. The summed E-state index contributed by atoms with van der Waals surface area (Å²) in [7, 11) is 0. The lowest BCUT2D eigenvalue weighted by molar-refractivity contribution is -0.177. The van der Waals surface area contributed by atoms with Crippen molar-refractivity contribution >= 4 is 17.5 Å². The minimum absolute atomic E-state index is 0.175. The van der Waals surface area contributed by atoms with Crippen LogP contribution >= 0.6 is 0 Å². The fourth-order valence-corrected chi connectivity index (χ4v) is 3.96. The number of halogens is 6. The van der Waals surface area contributed by atoms with Gasteiger partial charge in [0, 0.05) is 30.3 Å². The number of rotatable bonds is 2. The van der Waals surface area contributed by atoms with Crippen molar-refractivity contribution in [2.45, 2.75) is 43.1 Å². The molecule has 0 aromatic carbocycles. The molecule has 0 radical (unpaired) electrons. The Morgan fingerprint density at radius 2 is 1.74 bits per heavy atom. The van der Waals surface area contributed by atoms with Gasteiger partial charge in [-0.25, -0.2) is 9.97 Å². The van der Waals surface area contributed by atoms with Crippen molar-refractivity contribution in [1.29, 1.82) is 0 Å². The third-order valence-electron chi connectivity index (χ3n) is 5.48. The molecule has 0 aliphatic carbocycles. The molecule has 1 saturated heterocycles. The number of H-pyrrole nitrogens is 1. The van der Waals surface area contributed by atoms with E-state index in [2.05, 4.69) is 25.5 Å². The van der Waals surface area contributed by atoms with Crippen LogP contribution in [0.2, 0.25) is 0 Å². The van der Waals surface area contributed by atoms with Crippen LogP contribution in [-0.4, -0.2) is 56.5 Å². The average Bonchev–Trinajstić information content (AvgIpc) is 3.10. The third kappa shape index (κ3) is 3.91. The first-order chi connectivity index (χ1) is 14.5. The topological polar surface area (TPSA) is 107 Å². The number of carbonyl (C=O) groups is 1. The predicted octanol–water partition coefficient (Wildman–Crippen LogP) is 2.56. The van der Waals surface area contributed by atoms with Gasteiger partial charge in [0.25, 0.3) is 5.91 Å². The summed E-state index contributed by atoms with van der Waals surface area (Å²) in [6.07, 6.45) is -9.41. The Balaban J connectivity index is 1.52. The number of aliphatic hydroxyl groups is 1. The number of fused-ring (bicyclic) bond motifs is 1. The number of piperidine rings is 1. The number of aromatic nitrogens is 4. The molecule has 14 heteroatoms. The van der Waals surface area contributed by atoms with Crippen molar-refractivity contribution < 1.29 is 36.2 Å². The number of aliphatic hydroxyl groups excluding tert-OH is 1. The summed E-state index contributed by atoms with van der Waals surface area (Å²) in [4.78, 5) is 20.5. The van der Waals surface area contributed by atoms with E-state index in [-0.39, 0.29) is 28.8 Å². The molecule has 2 aliphatic rings. The summed E-state index contributed by atoms with van der Waals surface area (Å²) < 4.78 is 78.6. The van der Waals surface area contributed by atoms with Crippen LogP contribution in [0.5, 0.6) is 0 Å². The van der Waals surface area contributed by atoms with Crippen LogP contribution in [0.15, 0.2) is 12.4 Å². The molecule has 31 heavy (non-hydrogen) atoms. The summed E-state index contributed by atoms with van der Waals surface area (Å²) in [5.74, 6) is -3.99. The molecule has 1 fully saturated rings. The molecular formula is C17H16F6N6O2. The molecule has 2 atom stereocenters. The smallest absolute Gasteiger partial charge is 0.382 e. The van der Waals surface area contributed by atoms with E-state index in [0.29, 0.717) is 32.1 Å². The standard InChI is InChI=1S/C17H16F6N6O2/c18-16(19,20)8-5-25-9(6-24-8)29-3-1-7(2-4-29)12-10-11(17(21,22)23)13(30)15(31)26-14(10)28-27-12/h5-7,11,13,30H,1-4H2,(H2,26,27,28,31)/t11-,13+/m0/s1. The SMILES string of the molecule is O=C1Nc2n[nH]c(C3CCN(c4cnc(C(F)(F)F)cn4)CC3)c2[C@H](C(F)(F)F)[C@H]1O. The van der Waals surface area contributed by atoms with Gasteiger partial charge < -0.3 is 15.3 Å². The van der Waals surface area contributed by atoms with E-state index in [1.165, 1.54) is 0 Å². The van der Waals surface area contributed by atoms with Crippen LogP contribution in [0.4, 0.5) is 38.0 Å². The van der Waals surface area contributed by atoms with Crippen LogP contribution in [0.1, 0.15) is 41.6 Å². The molecule has 3 N–H and O–H groups in total.